The molecule has 0 bridgehead atoms. The molecule has 103 heavy (non-hydrogen) atoms. The summed E-state index contributed by atoms with van der Waals surface area (Å²) >= 11 is 0. The Morgan fingerprint density at radius 2 is 0.951 bits per heavy atom. The number of carbonyl (C=O) groups excluding carboxylic acids is 10. The minimum absolute atomic E-state index is 0. The largest absolute Gasteiger partial charge is 0.508 e. The lowest BCUT2D eigenvalue weighted by molar-refractivity contribution is -0.671. The highest BCUT2D eigenvalue weighted by molar-refractivity contribution is 5.96. The molecule has 0 aliphatic rings. The highest BCUT2D eigenvalue weighted by Gasteiger charge is 2.08. The number of primary amides is 1. The second-order valence-electron chi connectivity index (χ2n) is 23.9. The number of phenolic OH excluding ortho intramolecular Hbond substituents is 1. The molecule has 0 fully saturated rings. The fourth-order valence-corrected chi connectivity index (χ4v) is 7.15. The second-order valence-corrected chi connectivity index (χ2v) is 23.9. The Bertz CT molecular complexity index is 3520. The molecule has 9 N–H and O–H groups in total. The van der Waals surface area contributed by atoms with Gasteiger partial charge in [0.05, 0.1) is 0 Å². The number of carbonyl (C=O) groups is 10. The van der Waals surface area contributed by atoms with Gasteiger partial charge in [-0.05, 0) is 186 Å². The number of quaternary nitrogens is 1. The topological polar surface area (TPSA) is 302 Å². The van der Waals surface area contributed by atoms with E-state index >= 15 is 0 Å². The van der Waals surface area contributed by atoms with Gasteiger partial charge in [0, 0.05) is 57.2 Å². The molecule has 17 heteroatoms. The number of phenols is 1. The van der Waals surface area contributed by atoms with Crippen molar-refractivity contribution in [3.05, 3.63) is 248 Å². The smallest absolute Gasteiger partial charge is 0.217 e. The Morgan fingerprint density at radius 3 is 1.33 bits per heavy atom. The van der Waals surface area contributed by atoms with E-state index in [1.165, 1.54) is 88.3 Å². The predicted octanol–water partition coefficient (Wildman–Crippen LogP) is 14.9. The number of guanidine groups is 1. The maximum Gasteiger partial charge on any atom is 0.217 e. The summed E-state index contributed by atoms with van der Waals surface area (Å²) < 4.78 is 1.96. The normalized spacial score (nSPS) is 9.51. The molecular formula is C86H125N6O11+. The number of aryl methyl sites for hydroxylation is 2. The van der Waals surface area contributed by atoms with E-state index in [1.807, 2.05) is 93.3 Å². The first-order valence-corrected chi connectivity index (χ1v) is 33.7. The lowest BCUT2D eigenvalue weighted by atomic mass is 9.98. The summed E-state index contributed by atoms with van der Waals surface area (Å²) in [6.45, 7) is 53.2. The molecule has 0 aliphatic carbocycles. The van der Waals surface area contributed by atoms with E-state index in [4.69, 9.17) is 22.3 Å². The van der Waals surface area contributed by atoms with Gasteiger partial charge in [-0.25, -0.2) is 4.57 Å². The van der Waals surface area contributed by atoms with Crippen molar-refractivity contribution in [3.8, 4) is 5.75 Å². The van der Waals surface area contributed by atoms with Crippen molar-refractivity contribution >= 4 is 74.7 Å². The number of fused-ring (bicyclic) bond motifs is 1. The van der Waals surface area contributed by atoms with Gasteiger partial charge in [-0.15, -0.1) is 0 Å². The molecule has 0 saturated carbocycles. The van der Waals surface area contributed by atoms with Crippen molar-refractivity contribution in [2.24, 2.45) is 29.2 Å². The number of hydrogen-bond donors (Lipinski definition) is 5. The molecular weight excluding hydrogens is 1290 g/mol. The fraction of sp³-hybridized carbons (Fsp3) is 0.360. The molecule has 0 radical (unpaired) electrons. The molecule has 0 spiro atoms. The van der Waals surface area contributed by atoms with Crippen molar-refractivity contribution in [1.29, 1.82) is 0 Å². The first kappa shape index (κ1) is 104. The summed E-state index contributed by atoms with van der Waals surface area (Å²) in [5, 5.41) is 13.1. The van der Waals surface area contributed by atoms with Gasteiger partial charge in [-0.1, -0.05) is 191 Å². The number of aromatic nitrogens is 1. The number of hydrogen-bond acceptors (Lipinski definition) is 12. The average Bonchev–Trinajstić information content (AvgIpc) is 0.828. The lowest BCUT2D eigenvalue weighted by Gasteiger charge is -2.06. The molecule has 1 unspecified atom stereocenters. The molecule has 564 valence electrons. The van der Waals surface area contributed by atoms with E-state index in [-0.39, 0.29) is 83.6 Å². The van der Waals surface area contributed by atoms with E-state index in [2.05, 4.69) is 109 Å². The summed E-state index contributed by atoms with van der Waals surface area (Å²) in [5.41, 5.74) is 25.1. The summed E-state index contributed by atoms with van der Waals surface area (Å²) in [5.74, 6) is 0.362. The van der Waals surface area contributed by atoms with Crippen LogP contribution < -0.4 is 27.1 Å². The Hall–Kier alpha value is -10.3. The molecule has 1 amide bonds. The van der Waals surface area contributed by atoms with Crippen LogP contribution in [0.15, 0.2) is 218 Å². The standard InChI is InChI=1S/C15H14O.C12H14O.C11H14NO.C11H12O2.C8H15N3O.C7H11NO2.C6H10O.C6H14.C5H11NO.C4H6O.CH4/c1-11(12(2)16)10-14-8-5-7-13-6-3-4-9-15(13)14;1-9-5-4-6-12(7-9)8-10(2)11(3)13;1-9(10(2)13)7-11-5-4-6-12(3)8-11;1-8(9(2)12)7-10-3-5-11(13)6-4-10;1-6(7(2)12)4-3-5-11-8(9)10;1-5(6(2)9)3-4-7(8)10;1-4-5(2)6(3)7;1-3-5-6-4-2;1-4(6-3)5(2)7;1-3-4(2)5;/h3-9H,1,10H2,2H3;4-7H,2,8H2,1,3H3;4-6,8H,1,7H2,2-3H3;3-6,13H,1,7H2,2H3;1,3-5H2,2H3,(H4,9,10,11);1,3-4H2,2H3,(H2,8,10);2,4H2,1,3H3;3-6H2,1-2H3;4H,3,6H2,1-2H3;3H,1H2,2H3;1H4/q;;+1;;;;;;;;. The Balaban J connectivity index is -0.000000258. The highest BCUT2D eigenvalue weighted by atomic mass is 16.3. The minimum Gasteiger partial charge on any atom is -0.508 e. The predicted molar refractivity (Wildman–Crippen MR) is 428 cm³/mol. The maximum atomic E-state index is 11.2. The maximum absolute atomic E-state index is 11.2. The van der Waals surface area contributed by atoms with E-state index in [0.29, 0.717) is 84.1 Å². The minimum atomic E-state index is -0.401. The van der Waals surface area contributed by atoms with E-state index in [9.17, 15) is 47.9 Å². The number of aromatic hydroxyl groups is 1. The first-order chi connectivity index (χ1) is 47.6. The molecule has 4 aromatic carbocycles. The van der Waals surface area contributed by atoms with Gasteiger partial charge in [-0.3, -0.25) is 52.9 Å². The molecule has 5 aromatic rings. The zero-order valence-corrected chi connectivity index (χ0v) is 64.1. The zero-order chi connectivity index (χ0) is 79.6. The number of nitrogens with two attached hydrogens (primary N) is 4. The number of benzene rings is 4. The zero-order valence-electron chi connectivity index (χ0n) is 64.1. The number of aliphatic imine (C=N–C) groups is 1. The molecule has 1 heterocycles. The third-order valence-electron chi connectivity index (χ3n) is 14.3. The second kappa shape index (κ2) is 62.7. The first-order valence-electron chi connectivity index (χ1n) is 33.7. The fourth-order valence-electron chi connectivity index (χ4n) is 7.15. The van der Waals surface area contributed by atoms with Crippen LogP contribution in [0.4, 0.5) is 0 Å². The van der Waals surface area contributed by atoms with Gasteiger partial charge >= 0.3 is 0 Å². The van der Waals surface area contributed by atoms with Crippen LogP contribution in [0.1, 0.15) is 183 Å². The Kier molecular flexibility index (Phi) is 63.2. The number of allylic oxidation sites excluding steroid dienone is 8. The van der Waals surface area contributed by atoms with Gasteiger partial charge in [0.2, 0.25) is 5.91 Å². The summed E-state index contributed by atoms with van der Waals surface area (Å²) in [6.07, 6.45) is 16.0. The van der Waals surface area contributed by atoms with Gasteiger partial charge in [0.1, 0.15) is 18.8 Å². The van der Waals surface area contributed by atoms with Gasteiger partial charge in [0.15, 0.2) is 70.4 Å². The quantitative estimate of drug-likeness (QED) is 0.00744. The Labute approximate surface area is 618 Å². The van der Waals surface area contributed by atoms with Gasteiger partial charge in [-0.2, -0.15) is 7.05 Å². The Morgan fingerprint density at radius 1 is 0.534 bits per heavy atom. The average molecular weight is 1420 g/mol. The number of pyridine rings is 1. The summed E-state index contributed by atoms with van der Waals surface area (Å²) in [6, 6.07) is 33.2. The van der Waals surface area contributed by atoms with Crippen LogP contribution in [0.5, 0.6) is 5.75 Å². The van der Waals surface area contributed by atoms with Crippen molar-refractivity contribution in [3.63, 3.8) is 0 Å². The third kappa shape index (κ3) is 61.3. The van der Waals surface area contributed by atoms with Crippen molar-refractivity contribution in [2.75, 3.05) is 6.54 Å². The lowest BCUT2D eigenvalue weighted by Crippen LogP contribution is -2.84. The number of nitrogens with zero attached hydrogens (tertiary/aromatic N) is 2. The van der Waals surface area contributed by atoms with Crippen LogP contribution in [-0.4, -0.2) is 81.6 Å². The SMILES string of the molecule is C.C=C(CC)C(C)=O.C=C(CCC(N)=O)C(C)=O.C=C(CCCN=C(N)N)C(C)=O.C=C(Cc1ccc(O)cc1)C(C)=O.C=C(Cc1ccc[n+](C)c1)C(C)=O.C=C(Cc1cccc(C)c1)C(C)=O.C=C(Cc1cccc2ccccc12)C(C)=O.C=CC(C)=O.CCCCCC.[CH2-][NH2+]C(C)C(C)=O. The van der Waals surface area contributed by atoms with Crippen LogP contribution in [0.2, 0.25) is 0 Å². The monoisotopic (exact) mass is 1420 g/mol. The number of Topliss-reactive ketones (excluding diaryl/α,β-unsaturated/α-hetero) is 8. The molecule has 5 rings (SSSR count). The van der Waals surface area contributed by atoms with Crippen LogP contribution in [0.25, 0.3) is 10.8 Å². The highest BCUT2D eigenvalue weighted by Crippen LogP contribution is 2.21. The van der Waals surface area contributed by atoms with Crippen LogP contribution in [0, 0.1) is 14.0 Å². The van der Waals surface area contributed by atoms with Crippen molar-refractivity contribution < 1.29 is 62.9 Å². The number of amides is 1. The van der Waals surface area contributed by atoms with Crippen molar-refractivity contribution in [1.82, 2.24) is 0 Å². The van der Waals surface area contributed by atoms with E-state index in [0.717, 1.165) is 29.5 Å². The van der Waals surface area contributed by atoms with Gasteiger partial charge in [0.25, 0.3) is 0 Å². The number of unbranched alkanes of at least 4 members (excludes halogenated alkanes) is 3. The van der Waals surface area contributed by atoms with E-state index < -0.39 is 5.91 Å². The summed E-state index contributed by atoms with van der Waals surface area (Å²) in [4.78, 5) is 109. The number of ketones is 9. The number of rotatable bonds is 29. The summed E-state index contributed by atoms with van der Waals surface area (Å²) in [7, 11) is 5.42. The molecule has 0 saturated heterocycles. The third-order valence-corrected chi connectivity index (χ3v) is 14.3. The van der Waals surface area contributed by atoms with Crippen LogP contribution in [0.3, 0.4) is 0 Å². The molecule has 1 aromatic heterocycles. The van der Waals surface area contributed by atoms with Crippen LogP contribution in [-0.2, 0) is 80.7 Å². The molecule has 17 nitrogen and oxygen atoms in total. The van der Waals surface area contributed by atoms with Crippen molar-refractivity contribution in [2.45, 2.75) is 194 Å². The van der Waals surface area contributed by atoms with E-state index in [1.54, 1.807) is 57.3 Å². The molecule has 0 aliphatic heterocycles. The van der Waals surface area contributed by atoms with Crippen LogP contribution >= 0.6 is 0 Å². The molecule has 1 atom stereocenters. The van der Waals surface area contributed by atoms with Gasteiger partial charge < -0.3 is 27.6 Å².